The number of amides is 1. The maximum atomic E-state index is 13.2. The summed E-state index contributed by atoms with van der Waals surface area (Å²) in [5.74, 6) is -0.549. The van der Waals surface area contributed by atoms with E-state index in [0.29, 0.717) is 33.6 Å². The smallest absolute Gasteiger partial charge is 0.324 e. The average Bonchev–Trinajstić information content (AvgIpc) is 2.94. The van der Waals surface area contributed by atoms with E-state index in [0.717, 1.165) is 18.2 Å². The number of nitriles is 1. The van der Waals surface area contributed by atoms with Gasteiger partial charge in [0.15, 0.2) is 5.65 Å². The van der Waals surface area contributed by atoms with Gasteiger partial charge in [0.2, 0.25) is 5.95 Å². The van der Waals surface area contributed by atoms with Crippen LogP contribution in [0.15, 0.2) is 77.7 Å². The van der Waals surface area contributed by atoms with Gasteiger partial charge in [-0.1, -0.05) is 18.2 Å². The Morgan fingerprint density at radius 3 is 2.51 bits per heavy atom. The topological polar surface area (TPSA) is 126 Å². The second-order valence-corrected chi connectivity index (χ2v) is 9.10. The van der Waals surface area contributed by atoms with Gasteiger partial charge in [0, 0.05) is 28.8 Å². The van der Waals surface area contributed by atoms with Crippen molar-refractivity contribution in [3.8, 4) is 11.8 Å². The molecule has 2 heterocycles. The lowest BCUT2D eigenvalue weighted by Crippen LogP contribution is -2.25. The van der Waals surface area contributed by atoms with Crippen LogP contribution in [0.5, 0.6) is 0 Å². The molecule has 0 aliphatic carbocycles. The van der Waals surface area contributed by atoms with Crippen LogP contribution in [-0.2, 0) is 6.18 Å². The van der Waals surface area contributed by atoms with E-state index in [4.69, 9.17) is 5.26 Å². The van der Waals surface area contributed by atoms with Crippen LogP contribution < -0.4 is 16.3 Å². The minimum Gasteiger partial charge on any atom is -0.324 e. The Kier molecular flexibility index (Phi) is 6.94. The quantitative estimate of drug-likeness (QED) is 0.286. The largest absolute Gasteiger partial charge is 0.416 e. The number of anilines is 3. The van der Waals surface area contributed by atoms with Gasteiger partial charge in [0.05, 0.1) is 28.3 Å². The number of carbonyl (C=O) groups is 1. The molecule has 0 aliphatic rings. The van der Waals surface area contributed by atoms with Crippen molar-refractivity contribution in [2.75, 3.05) is 10.6 Å². The van der Waals surface area contributed by atoms with Gasteiger partial charge in [-0.15, -0.1) is 0 Å². The van der Waals surface area contributed by atoms with Crippen molar-refractivity contribution >= 4 is 34.3 Å². The molecule has 2 aromatic heterocycles. The van der Waals surface area contributed by atoms with Gasteiger partial charge in [0.25, 0.3) is 5.91 Å². The number of nitrogens with zero attached hydrogens (tertiary/aromatic N) is 5. The van der Waals surface area contributed by atoms with Crippen LogP contribution in [0.3, 0.4) is 0 Å². The summed E-state index contributed by atoms with van der Waals surface area (Å²) >= 11 is 0. The predicted molar refractivity (Wildman–Crippen MR) is 146 cm³/mol. The second-order valence-electron chi connectivity index (χ2n) is 9.10. The maximum absolute atomic E-state index is 13.2. The first kappa shape index (κ1) is 27.0. The van der Waals surface area contributed by atoms with E-state index in [2.05, 4.69) is 31.7 Å². The number of halogens is 3. The summed E-state index contributed by atoms with van der Waals surface area (Å²) < 4.78 is 40.6. The Bertz CT molecular complexity index is 1930. The Balaban J connectivity index is 1.47. The van der Waals surface area contributed by atoms with Crippen LogP contribution in [0.2, 0.25) is 0 Å². The summed E-state index contributed by atoms with van der Waals surface area (Å²) in [6, 6.07) is 17.7. The number of alkyl halides is 3. The molecule has 3 aromatic carbocycles. The van der Waals surface area contributed by atoms with Gasteiger partial charge in [-0.3, -0.25) is 9.36 Å². The van der Waals surface area contributed by atoms with Crippen LogP contribution in [0, 0.1) is 25.2 Å². The number of aromatic nitrogens is 4. The number of carbonyl (C=O) groups excluding carboxylic acids is 1. The van der Waals surface area contributed by atoms with E-state index in [1.165, 1.54) is 16.8 Å². The van der Waals surface area contributed by atoms with Crippen LogP contribution in [0.4, 0.5) is 30.5 Å². The highest BCUT2D eigenvalue weighted by Gasteiger charge is 2.31. The molecule has 0 saturated carbocycles. The zero-order valence-electron chi connectivity index (χ0n) is 21.6. The number of rotatable bonds is 5. The normalized spacial score (nSPS) is 11.2. The second kappa shape index (κ2) is 10.5. The highest BCUT2D eigenvalue weighted by Crippen LogP contribution is 2.30. The Hall–Kier alpha value is -5.57. The summed E-state index contributed by atoms with van der Waals surface area (Å²) in [6.45, 7) is 3.47. The molecule has 0 unspecified atom stereocenters. The average molecular weight is 556 g/mol. The first-order valence-electron chi connectivity index (χ1n) is 12.2. The van der Waals surface area contributed by atoms with Gasteiger partial charge in [-0.05, 0) is 67.9 Å². The standard InChI is InChI=1S/C29H20F3N7O2/c1-16-9-10-22(35-26(40)19-6-4-7-20(12-19)29(30,31)32)13-24(16)39-17(2)23-15-34-27(37-25(23)38-28(39)41)36-21-8-3-5-18(11-21)14-33/h3-13,15H,1-2H3,(H,35,40)(H,36,37,38,41). The molecular weight excluding hydrogens is 535 g/mol. The zero-order valence-corrected chi connectivity index (χ0v) is 21.6. The molecular formula is C29H20F3N7O2. The molecule has 0 spiro atoms. The van der Waals surface area contributed by atoms with Gasteiger partial charge < -0.3 is 10.6 Å². The molecule has 0 fully saturated rings. The number of nitrogens with one attached hydrogen (secondary N) is 2. The van der Waals surface area contributed by atoms with Gasteiger partial charge in [0.1, 0.15) is 0 Å². The molecule has 5 rings (SSSR count). The molecule has 1 amide bonds. The van der Waals surface area contributed by atoms with Crippen LogP contribution in [0.1, 0.15) is 32.7 Å². The van der Waals surface area contributed by atoms with E-state index >= 15 is 0 Å². The van der Waals surface area contributed by atoms with Crippen molar-refractivity contribution in [2.45, 2.75) is 20.0 Å². The molecule has 12 heteroatoms. The maximum Gasteiger partial charge on any atom is 0.416 e. The number of benzene rings is 3. The lowest BCUT2D eigenvalue weighted by molar-refractivity contribution is -0.137. The summed E-state index contributed by atoms with van der Waals surface area (Å²) in [5, 5.41) is 15.2. The molecule has 41 heavy (non-hydrogen) atoms. The fourth-order valence-corrected chi connectivity index (χ4v) is 4.23. The van der Waals surface area contributed by atoms with Crippen LogP contribution in [0.25, 0.3) is 16.7 Å². The summed E-state index contributed by atoms with van der Waals surface area (Å²) in [4.78, 5) is 38.7. The van der Waals surface area contributed by atoms with Crippen LogP contribution >= 0.6 is 0 Å². The van der Waals surface area contributed by atoms with Crippen molar-refractivity contribution in [1.82, 2.24) is 19.5 Å². The molecule has 0 aliphatic heterocycles. The van der Waals surface area contributed by atoms with Gasteiger partial charge in [-0.2, -0.15) is 28.4 Å². The van der Waals surface area contributed by atoms with E-state index in [-0.39, 0.29) is 22.8 Å². The lowest BCUT2D eigenvalue weighted by Gasteiger charge is -2.16. The minimum absolute atomic E-state index is 0.157. The first-order valence-corrected chi connectivity index (χ1v) is 12.2. The number of aryl methyl sites for hydroxylation is 2. The van der Waals surface area contributed by atoms with Crippen molar-refractivity contribution in [1.29, 1.82) is 5.26 Å². The molecule has 0 saturated heterocycles. The van der Waals surface area contributed by atoms with Crippen molar-refractivity contribution in [3.63, 3.8) is 0 Å². The third-order valence-corrected chi connectivity index (χ3v) is 6.29. The lowest BCUT2D eigenvalue weighted by atomic mass is 10.1. The Morgan fingerprint density at radius 1 is 0.976 bits per heavy atom. The van der Waals surface area contributed by atoms with Crippen molar-refractivity contribution in [3.05, 3.63) is 111 Å². The van der Waals surface area contributed by atoms with E-state index in [1.807, 2.05) is 0 Å². The summed E-state index contributed by atoms with van der Waals surface area (Å²) in [7, 11) is 0. The van der Waals surface area contributed by atoms with Crippen molar-refractivity contribution in [2.24, 2.45) is 0 Å². The molecule has 2 N–H and O–H groups in total. The summed E-state index contributed by atoms with van der Waals surface area (Å²) in [6.07, 6.45) is -3.07. The minimum atomic E-state index is -4.59. The molecule has 0 atom stereocenters. The van der Waals surface area contributed by atoms with Gasteiger partial charge >= 0.3 is 11.9 Å². The fourth-order valence-electron chi connectivity index (χ4n) is 4.23. The zero-order chi connectivity index (χ0) is 29.3. The number of hydrogen-bond acceptors (Lipinski definition) is 7. The van der Waals surface area contributed by atoms with Crippen LogP contribution in [-0.4, -0.2) is 25.4 Å². The van der Waals surface area contributed by atoms with E-state index in [9.17, 15) is 22.8 Å². The fraction of sp³-hybridized carbons (Fsp3) is 0.103. The summed E-state index contributed by atoms with van der Waals surface area (Å²) in [5.41, 5.74) is 1.34. The Morgan fingerprint density at radius 2 is 1.76 bits per heavy atom. The molecule has 9 nitrogen and oxygen atoms in total. The van der Waals surface area contributed by atoms with E-state index < -0.39 is 23.3 Å². The first-order chi connectivity index (χ1) is 19.5. The Labute approximate surface area is 231 Å². The monoisotopic (exact) mass is 555 g/mol. The third kappa shape index (κ3) is 5.60. The number of hydrogen-bond donors (Lipinski definition) is 2. The molecule has 204 valence electrons. The highest BCUT2D eigenvalue weighted by molar-refractivity contribution is 6.04. The van der Waals surface area contributed by atoms with Crippen molar-refractivity contribution < 1.29 is 18.0 Å². The molecule has 0 bridgehead atoms. The third-order valence-electron chi connectivity index (χ3n) is 6.29. The highest BCUT2D eigenvalue weighted by atomic mass is 19.4. The van der Waals surface area contributed by atoms with Gasteiger partial charge in [-0.25, -0.2) is 9.78 Å². The SMILES string of the molecule is Cc1ccc(NC(=O)c2cccc(C(F)(F)F)c2)cc1-n1c(C)c2cnc(Nc3cccc(C#N)c3)nc2nc1=O. The molecule has 5 aromatic rings. The predicted octanol–water partition coefficient (Wildman–Crippen LogP) is 5.68. The van der Waals surface area contributed by atoms with E-state index in [1.54, 1.807) is 56.3 Å². The number of fused-ring (bicyclic) bond motifs is 1. The molecule has 0 radical (unpaired) electrons.